The van der Waals surface area contributed by atoms with Crippen LogP contribution in [0.1, 0.15) is 30.5 Å². The number of hydrogen-bond acceptors (Lipinski definition) is 2. The molecule has 0 radical (unpaired) electrons. The molecular formula is C13H15NO2. The van der Waals surface area contributed by atoms with Gasteiger partial charge in [0, 0.05) is 0 Å². The Balaban J connectivity index is 2.14. The molecule has 2 unspecified atom stereocenters. The predicted octanol–water partition coefficient (Wildman–Crippen LogP) is 2.21. The van der Waals surface area contributed by atoms with Crippen LogP contribution in [-0.2, 0) is 4.79 Å². The predicted molar refractivity (Wildman–Crippen MR) is 63.1 cm³/mol. The van der Waals surface area contributed by atoms with E-state index < -0.39 is 12.0 Å². The summed E-state index contributed by atoms with van der Waals surface area (Å²) in [5.41, 5.74) is 2.32. The number of benzene rings is 1. The lowest BCUT2D eigenvalue weighted by Gasteiger charge is -2.18. The average Bonchev–Trinajstić information content (AvgIpc) is 2.69. The topological polar surface area (TPSA) is 49.3 Å². The fourth-order valence-electron chi connectivity index (χ4n) is 1.98. The Hall–Kier alpha value is -1.61. The van der Waals surface area contributed by atoms with Crippen LogP contribution in [0.5, 0.6) is 0 Å². The van der Waals surface area contributed by atoms with E-state index in [4.69, 9.17) is 5.11 Å². The van der Waals surface area contributed by atoms with Crippen molar-refractivity contribution in [2.45, 2.75) is 25.4 Å². The normalized spacial score (nSPS) is 19.4. The Bertz CT molecular complexity index is 426. The van der Waals surface area contributed by atoms with Gasteiger partial charge in [-0.05, 0) is 17.5 Å². The molecule has 2 rings (SSSR count). The van der Waals surface area contributed by atoms with Crippen LogP contribution in [0.4, 0.5) is 0 Å². The van der Waals surface area contributed by atoms with Crippen molar-refractivity contribution in [1.82, 2.24) is 5.32 Å². The summed E-state index contributed by atoms with van der Waals surface area (Å²) in [5.74, 6) is -0.791. The van der Waals surface area contributed by atoms with Gasteiger partial charge in [-0.1, -0.05) is 43.3 Å². The van der Waals surface area contributed by atoms with Gasteiger partial charge in [0.1, 0.15) is 6.04 Å². The Labute approximate surface area is 94.8 Å². The van der Waals surface area contributed by atoms with Gasteiger partial charge in [-0.25, -0.2) is 0 Å². The van der Waals surface area contributed by atoms with Crippen molar-refractivity contribution < 1.29 is 9.90 Å². The molecule has 0 bridgehead atoms. The number of carboxylic acid groups (broad SMARTS) is 1. The first kappa shape index (κ1) is 10.9. The monoisotopic (exact) mass is 217 g/mol. The van der Waals surface area contributed by atoms with Gasteiger partial charge in [0.2, 0.25) is 0 Å². The Morgan fingerprint density at radius 1 is 1.50 bits per heavy atom. The zero-order valence-electron chi connectivity index (χ0n) is 9.18. The largest absolute Gasteiger partial charge is 0.480 e. The second-order valence-corrected chi connectivity index (χ2v) is 3.93. The average molecular weight is 217 g/mol. The van der Waals surface area contributed by atoms with Crippen LogP contribution in [0, 0.1) is 0 Å². The molecule has 1 aliphatic rings. The molecule has 1 aromatic rings. The van der Waals surface area contributed by atoms with Crippen LogP contribution >= 0.6 is 0 Å². The van der Waals surface area contributed by atoms with E-state index >= 15 is 0 Å². The van der Waals surface area contributed by atoms with Gasteiger partial charge in [0.15, 0.2) is 0 Å². The molecule has 1 aromatic carbocycles. The minimum Gasteiger partial charge on any atom is -0.480 e. The highest BCUT2D eigenvalue weighted by molar-refractivity contribution is 5.74. The van der Waals surface area contributed by atoms with Crippen molar-refractivity contribution in [2.24, 2.45) is 0 Å². The van der Waals surface area contributed by atoms with Crippen LogP contribution in [0.25, 0.3) is 6.08 Å². The lowest BCUT2D eigenvalue weighted by Crippen LogP contribution is -2.37. The second-order valence-electron chi connectivity index (χ2n) is 3.93. The van der Waals surface area contributed by atoms with Crippen molar-refractivity contribution in [1.29, 1.82) is 0 Å². The standard InChI is InChI=1S/C13H15NO2/c1-2-11(13(15)16)14-12-8-7-9-5-3-4-6-10(9)12/h3-8,11-12,14H,2H2,1H3,(H,15,16). The lowest BCUT2D eigenvalue weighted by atomic mass is 10.1. The molecule has 2 N–H and O–H groups in total. The Morgan fingerprint density at radius 3 is 2.94 bits per heavy atom. The van der Waals surface area contributed by atoms with E-state index in [9.17, 15) is 4.79 Å². The van der Waals surface area contributed by atoms with Crippen LogP contribution in [-0.4, -0.2) is 17.1 Å². The molecule has 0 spiro atoms. The SMILES string of the molecule is CCC(NC1C=Cc2ccccc21)C(=O)O. The molecule has 1 aliphatic carbocycles. The number of aliphatic carboxylic acids is 1. The summed E-state index contributed by atoms with van der Waals surface area (Å²) in [6.45, 7) is 1.87. The highest BCUT2D eigenvalue weighted by atomic mass is 16.4. The fourth-order valence-corrected chi connectivity index (χ4v) is 1.98. The van der Waals surface area contributed by atoms with Crippen molar-refractivity contribution >= 4 is 12.0 Å². The molecule has 0 heterocycles. The molecule has 0 amide bonds. The second kappa shape index (κ2) is 4.49. The number of fused-ring (bicyclic) bond motifs is 1. The van der Waals surface area contributed by atoms with E-state index in [2.05, 4.69) is 5.32 Å². The number of nitrogens with one attached hydrogen (secondary N) is 1. The van der Waals surface area contributed by atoms with E-state index in [1.807, 2.05) is 43.3 Å². The Kier molecular flexibility index (Phi) is 3.06. The summed E-state index contributed by atoms with van der Waals surface area (Å²) < 4.78 is 0. The highest BCUT2D eigenvalue weighted by Gasteiger charge is 2.22. The van der Waals surface area contributed by atoms with Crippen molar-refractivity contribution in [3.05, 3.63) is 41.5 Å². The molecule has 16 heavy (non-hydrogen) atoms. The van der Waals surface area contributed by atoms with Gasteiger partial charge in [-0.15, -0.1) is 0 Å². The first-order valence-corrected chi connectivity index (χ1v) is 5.48. The summed E-state index contributed by atoms with van der Waals surface area (Å²) in [4.78, 5) is 10.9. The summed E-state index contributed by atoms with van der Waals surface area (Å²) >= 11 is 0. The third-order valence-corrected chi connectivity index (χ3v) is 2.89. The molecule has 0 fully saturated rings. The van der Waals surface area contributed by atoms with E-state index in [1.54, 1.807) is 0 Å². The Morgan fingerprint density at radius 2 is 2.25 bits per heavy atom. The van der Waals surface area contributed by atoms with Crippen LogP contribution < -0.4 is 5.32 Å². The van der Waals surface area contributed by atoms with E-state index in [-0.39, 0.29) is 6.04 Å². The lowest BCUT2D eigenvalue weighted by molar-refractivity contribution is -0.139. The molecule has 84 valence electrons. The van der Waals surface area contributed by atoms with Gasteiger partial charge in [-0.2, -0.15) is 0 Å². The third-order valence-electron chi connectivity index (χ3n) is 2.89. The smallest absolute Gasteiger partial charge is 0.320 e. The van der Waals surface area contributed by atoms with Gasteiger partial charge in [-0.3, -0.25) is 10.1 Å². The van der Waals surface area contributed by atoms with E-state index in [1.165, 1.54) is 5.56 Å². The van der Waals surface area contributed by atoms with Crippen LogP contribution in [0.2, 0.25) is 0 Å². The van der Waals surface area contributed by atoms with Crippen molar-refractivity contribution in [2.75, 3.05) is 0 Å². The number of hydrogen-bond donors (Lipinski definition) is 2. The third kappa shape index (κ3) is 1.99. The highest BCUT2D eigenvalue weighted by Crippen LogP contribution is 2.28. The maximum absolute atomic E-state index is 10.9. The molecule has 0 aliphatic heterocycles. The van der Waals surface area contributed by atoms with Crippen molar-refractivity contribution in [3.63, 3.8) is 0 Å². The first-order chi connectivity index (χ1) is 7.72. The van der Waals surface area contributed by atoms with Gasteiger partial charge in [0.05, 0.1) is 6.04 Å². The summed E-state index contributed by atoms with van der Waals surface area (Å²) in [7, 11) is 0. The minimum absolute atomic E-state index is 0.0252. The van der Waals surface area contributed by atoms with E-state index in [0.29, 0.717) is 6.42 Å². The number of rotatable bonds is 4. The fraction of sp³-hybridized carbons (Fsp3) is 0.308. The molecule has 3 heteroatoms. The number of carbonyl (C=O) groups is 1. The molecule has 3 nitrogen and oxygen atoms in total. The molecule has 0 saturated carbocycles. The van der Waals surface area contributed by atoms with Gasteiger partial charge in [0.25, 0.3) is 0 Å². The van der Waals surface area contributed by atoms with Gasteiger partial charge < -0.3 is 5.11 Å². The van der Waals surface area contributed by atoms with Gasteiger partial charge >= 0.3 is 5.97 Å². The maximum atomic E-state index is 10.9. The molecule has 0 saturated heterocycles. The zero-order valence-corrected chi connectivity index (χ0v) is 9.18. The van der Waals surface area contributed by atoms with Crippen LogP contribution in [0.3, 0.4) is 0 Å². The molecular weight excluding hydrogens is 202 g/mol. The summed E-state index contributed by atoms with van der Waals surface area (Å²) in [5, 5.41) is 12.1. The summed E-state index contributed by atoms with van der Waals surface area (Å²) in [6, 6.07) is 7.57. The zero-order chi connectivity index (χ0) is 11.5. The number of carboxylic acids is 1. The van der Waals surface area contributed by atoms with E-state index in [0.717, 1.165) is 5.56 Å². The molecule has 0 aromatic heterocycles. The first-order valence-electron chi connectivity index (χ1n) is 5.48. The summed E-state index contributed by atoms with van der Waals surface area (Å²) in [6.07, 6.45) is 4.62. The van der Waals surface area contributed by atoms with Crippen LogP contribution in [0.15, 0.2) is 30.3 Å². The minimum atomic E-state index is -0.791. The molecule has 2 atom stereocenters. The quantitative estimate of drug-likeness (QED) is 0.813. The maximum Gasteiger partial charge on any atom is 0.320 e. The van der Waals surface area contributed by atoms with Crippen molar-refractivity contribution in [3.8, 4) is 0 Å².